The fourth-order valence-electron chi connectivity index (χ4n) is 5.68. The van der Waals surface area contributed by atoms with Crippen molar-refractivity contribution in [3.63, 3.8) is 0 Å². The van der Waals surface area contributed by atoms with E-state index in [0.29, 0.717) is 18.4 Å². The van der Waals surface area contributed by atoms with Gasteiger partial charge in [-0.15, -0.1) is 0 Å². The van der Waals surface area contributed by atoms with E-state index in [-0.39, 0.29) is 23.0 Å². The molecule has 1 aromatic carbocycles. The zero-order valence-electron chi connectivity index (χ0n) is 22.5. The molecule has 2 bridgehead atoms. The Kier molecular flexibility index (Phi) is 7.49. The van der Waals surface area contributed by atoms with Crippen LogP contribution in [0.25, 0.3) is 0 Å². The molecule has 4 rings (SSSR count). The topological polar surface area (TPSA) is 54.7 Å². The number of aliphatic hydroxyl groups is 1. The molecule has 192 valence electrons. The molecule has 5 nitrogen and oxygen atoms in total. The van der Waals surface area contributed by atoms with Crippen LogP contribution in [0.2, 0.25) is 0 Å². The maximum atomic E-state index is 12.3. The maximum Gasteiger partial charge on any atom is 0.250 e. The first-order chi connectivity index (χ1) is 16.5. The molecule has 0 amide bonds. The van der Waals surface area contributed by atoms with Gasteiger partial charge in [0.1, 0.15) is 18.5 Å². The van der Waals surface area contributed by atoms with Crippen molar-refractivity contribution in [2.45, 2.75) is 90.2 Å². The molecule has 1 aromatic heterocycles. The van der Waals surface area contributed by atoms with Crippen LogP contribution in [0.3, 0.4) is 0 Å². The van der Waals surface area contributed by atoms with Crippen LogP contribution in [0.5, 0.6) is 5.75 Å². The third kappa shape index (κ3) is 5.51. The minimum Gasteiger partial charge on any atom is -0.491 e. The molecule has 2 aromatic rings. The Morgan fingerprint density at radius 2 is 1.77 bits per heavy atom. The van der Waals surface area contributed by atoms with Gasteiger partial charge in [-0.25, -0.2) is 0 Å². The lowest BCUT2D eigenvalue weighted by atomic mass is 9.76. The van der Waals surface area contributed by atoms with Crippen molar-refractivity contribution in [2.75, 3.05) is 26.2 Å². The Hall–Kier alpha value is -2.11. The van der Waals surface area contributed by atoms with E-state index < -0.39 is 6.10 Å². The smallest absolute Gasteiger partial charge is 0.250 e. The van der Waals surface area contributed by atoms with Crippen molar-refractivity contribution in [3.05, 3.63) is 63.6 Å². The van der Waals surface area contributed by atoms with E-state index in [2.05, 4.69) is 70.7 Å². The molecular formula is C30H44N2O3. The largest absolute Gasteiger partial charge is 0.491 e. The van der Waals surface area contributed by atoms with Gasteiger partial charge in [-0.1, -0.05) is 59.7 Å². The van der Waals surface area contributed by atoms with Gasteiger partial charge in [-0.3, -0.25) is 9.69 Å². The summed E-state index contributed by atoms with van der Waals surface area (Å²) in [5.41, 5.74) is 3.93. The summed E-state index contributed by atoms with van der Waals surface area (Å²) in [7, 11) is 0. The first-order valence-electron chi connectivity index (χ1n) is 13.4. The third-order valence-corrected chi connectivity index (χ3v) is 8.71. The minimum absolute atomic E-state index is 0.00406. The van der Waals surface area contributed by atoms with Gasteiger partial charge in [0.25, 0.3) is 5.56 Å². The summed E-state index contributed by atoms with van der Waals surface area (Å²) in [5, 5.41) is 10.9. The second-order valence-corrected chi connectivity index (χ2v) is 12.1. The second-order valence-electron chi connectivity index (χ2n) is 12.1. The summed E-state index contributed by atoms with van der Waals surface area (Å²) in [4.78, 5) is 14.6. The molecule has 0 spiro atoms. The van der Waals surface area contributed by atoms with Crippen LogP contribution in [0.1, 0.15) is 83.5 Å². The number of hydrogen-bond donors (Lipinski definition) is 1. The standard InChI is InChI=1S/C30H44N2O3/c1-7-29(3,4)23-12-13-27(25(15-23)30(5,6)8-2)35-20-24(33)19-31-16-21-14-22(18-31)26-10-9-11-28(34)32(26)17-21/h9-13,15,21-22,24,33H,7-8,14,16-20H2,1-6H3/t21-,22+,24?/m1/s1. The number of pyridine rings is 1. The first-order valence-corrected chi connectivity index (χ1v) is 13.4. The Labute approximate surface area is 211 Å². The van der Waals surface area contributed by atoms with Gasteiger partial charge in [0.15, 0.2) is 0 Å². The number of likely N-dealkylation sites (tertiary alicyclic amines) is 1. The lowest BCUT2D eigenvalue weighted by molar-refractivity contribution is 0.0380. The predicted molar refractivity (Wildman–Crippen MR) is 143 cm³/mol. The van der Waals surface area contributed by atoms with Crippen molar-refractivity contribution in [1.29, 1.82) is 0 Å². The molecule has 1 saturated heterocycles. The number of β-amino-alcohol motifs (C(OH)–C–C–N with tert-alkyl or cyclic N) is 1. The molecule has 1 unspecified atom stereocenters. The van der Waals surface area contributed by atoms with Crippen LogP contribution in [0, 0.1) is 5.92 Å². The van der Waals surface area contributed by atoms with E-state index in [4.69, 9.17) is 4.74 Å². The van der Waals surface area contributed by atoms with E-state index >= 15 is 0 Å². The molecule has 2 aliphatic rings. The van der Waals surface area contributed by atoms with Gasteiger partial charge in [-0.2, -0.15) is 0 Å². The number of fused-ring (bicyclic) bond motifs is 4. The molecule has 2 aliphatic heterocycles. The lowest BCUT2D eigenvalue weighted by Crippen LogP contribution is -2.49. The Morgan fingerprint density at radius 1 is 1.03 bits per heavy atom. The predicted octanol–water partition coefficient (Wildman–Crippen LogP) is 5.08. The zero-order chi connectivity index (χ0) is 25.4. The summed E-state index contributed by atoms with van der Waals surface area (Å²) in [6, 6.07) is 12.2. The monoisotopic (exact) mass is 480 g/mol. The van der Waals surface area contributed by atoms with Crippen molar-refractivity contribution >= 4 is 0 Å². The quantitative estimate of drug-likeness (QED) is 0.544. The normalized spacial score (nSPS) is 21.5. The van der Waals surface area contributed by atoms with Crippen molar-refractivity contribution in [3.8, 4) is 5.75 Å². The zero-order valence-corrected chi connectivity index (χ0v) is 22.5. The number of rotatable bonds is 9. The highest BCUT2D eigenvalue weighted by molar-refractivity contribution is 5.44. The van der Waals surface area contributed by atoms with Crippen LogP contribution in [-0.4, -0.2) is 46.9 Å². The molecule has 3 atom stereocenters. The van der Waals surface area contributed by atoms with E-state index in [9.17, 15) is 9.90 Å². The molecule has 0 saturated carbocycles. The molecule has 3 heterocycles. The molecule has 1 fully saturated rings. The summed E-state index contributed by atoms with van der Waals surface area (Å²) in [5.74, 6) is 1.70. The summed E-state index contributed by atoms with van der Waals surface area (Å²) >= 11 is 0. The number of aromatic nitrogens is 1. The van der Waals surface area contributed by atoms with Crippen molar-refractivity contribution < 1.29 is 9.84 Å². The first kappa shape index (κ1) is 26.0. The van der Waals surface area contributed by atoms with Crippen LogP contribution in [-0.2, 0) is 17.4 Å². The molecule has 0 radical (unpaired) electrons. The van der Waals surface area contributed by atoms with Crippen molar-refractivity contribution in [2.24, 2.45) is 5.92 Å². The van der Waals surface area contributed by atoms with Gasteiger partial charge < -0.3 is 14.4 Å². The fourth-order valence-corrected chi connectivity index (χ4v) is 5.68. The van der Waals surface area contributed by atoms with Crippen LogP contribution in [0.4, 0.5) is 0 Å². The highest BCUT2D eigenvalue weighted by Gasteiger charge is 2.35. The second kappa shape index (κ2) is 10.1. The Morgan fingerprint density at radius 3 is 2.49 bits per heavy atom. The Bertz CT molecular complexity index is 1090. The number of aliphatic hydroxyl groups excluding tert-OH is 1. The lowest BCUT2D eigenvalue weighted by Gasteiger charge is -2.43. The highest BCUT2D eigenvalue weighted by Crippen LogP contribution is 2.39. The number of piperidine rings is 1. The number of benzene rings is 1. The maximum absolute atomic E-state index is 12.3. The summed E-state index contributed by atoms with van der Waals surface area (Å²) < 4.78 is 8.23. The Balaban J connectivity index is 1.43. The van der Waals surface area contributed by atoms with Gasteiger partial charge in [0, 0.05) is 49.4 Å². The summed E-state index contributed by atoms with van der Waals surface area (Å²) in [6.45, 7) is 17.0. The van der Waals surface area contributed by atoms with Gasteiger partial charge in [0.2, 0.25) is 0 Å². The average molecular weight is 481 g/mol. The minimum atomic E-state index is -0.559. The van der Waals surface area contributed by atoms with Gasteiger partial charge in [-0.05, 0) is 53.7 Å². The third-order valence-electron chi connectivity index (χ3n) is 8.71. The number of hydrogen-bond acceptors (Lipinski definition) is 4. The van der Waals surface area contributed by atoms with Gasteiger partial charge >= 0.3 is 0 Å². The summed E-state index contributed by atoms with van der Waals surface area (Å²) in [6.07, 6.45) is 2.66. The molecular weight excluding hydrogens is 436 g/mol. The van der Waals surface area contributed by atoms with E-state index in [1.165, 1.54) is 11.1 Å². The molecule has 1 N–H and O–H groups in total. The molecule has 0 aliphatic carbocycles. The van der Waals surface area contributed by atoms with E-state index in [1.54, 1.807) is 6.07 Å². The molecule has 35 heavy (non-hydrogen) atoms. The van der Waals surface area contributed by atoms with Crippen LogP contribution < -0.4 is 10.3 Å². The average Bonchev–Trinajstić information content (AvgIpc) is 2.83. The number of ether oxygens (including phenoxy) is 1. The van der Waals surface area contributed by atoms with E-state index in [0.717, 1.165) is 50.3 Å². The molecule has 5 heteroatoms. The SMILES string of the molecule is CCC(C)(C)c1ccc(OCC(O)CN2C[C@H]3C[C@@H](C2)c2cccc(=O)n2C3)c(C(C)(C)CC)c1. The number of nitrogens with zero attached hydrogens (tertiary/aromatic N) is 2. The van der Waals surface area contributed by atoms with Crippen molar-refractivity contribution in [1.82, 2.24) is 9.47 Å². The van der Waals surface area contributed by atoms with E-state index in [1.807, 2.05) is 10.6 Å². The van der Waals surface area contributed by atoms with Gasteiger partial charge in [0.05, 0.1) is 0 Å². The van der Waals surface area contributed by atoms with Crippen LogP contribution >= 0.6 is 0 Å². The fraction of sp³-hybridized carbons (Fsp3) is 0.633. The highest BCUT2D eigenvalue weighted by atomic mass is 16.5. The van der Waals surface area contributed by atoms with Crippen LogP contribution in [0.15, 0.2) is 41.2 Å².